The molecule has 0 N–H and O–H groups in total. The lowest BCUT2D eigenvalue weighted by atomic mass is 10.1. The van der Waals surface area contributed by atoms with E-state index in [0.29, 0.717) is 6.61 Å². The summed E-state index contributed by atoms with van der Waals surface area (Å²) in [4.78, 5) is 0.825. The van der Waals surface area contributed by atoms with E-state index >= 15 is 0 Å². The van der Waals surface area contributed by atoms with E-state index < -0.39 is 0 Å². The predicted molar refractivity (Wildman–Crippen MR) is 90.9 cm³/mol. The van der Waals surface area contributed by atoms with Gasteiger partial charge in [-0.05, 0) is 29.3 Å². The molecule has 23 heavy (non-hydrogen) atoms. The monoisotopic (exact) mass is 324 g/mol. The lowest BCUT2D eigenvalue weighted by molar-refractivity contribution is 0.304. The summed E-state index contributed by atoms with van der Waals surface area (Å²) in [6.45, 7) is 2.56. The molecule has 2 aromatic heterocycles. The van der Waals surface area contributed by atoms with Gasteiger partial charge < -0.3 is 4.74 Å². The minimum Gasteiger partial charge on any atom is -0.486 e. The summed E-state index contributed by atoms with van der Waals surface area (Å²) in [6.07, 6.45) is 1.91. The molecule has 0 spiro atoms. The van der Waals surface area contributed by atoms with Gasteiger partial charge in [-0.1, -0.05) is 48.6 Å². The van der Waals surface area contributed by atoms with Gasteiger partial charge in [0.15, 0.2) is 10.8 Å². The molecule has 0 fully saturated rings. The Morgan fingerprint density at radius 1 is 1.09 bits per heavy atom. The first-order chi connectivity index (χ1) is 11.3. The number of ether oxygens (including phenoxy) is 1. The molecule has 0 bridgehead atoms. The minimum absolute atomic E-state index is 0.442. The zero-order valence-electron chi connectivity index (χ0n) is 12.8. The Bertz CT molecular complexity index is 959. The van der Waals surface area contributed by atoms with Crippen molar-refractivity contribution in [2.75, 3.05) is 0 Å². The van der Waals surface area contributed by atoms with Gasteiger partial charge in [0.25, 0.3) is 0 Å². The third-order valence-corrected chi connectivity index (χ3v) is 4.53. The van der Waals surface area contributed by atoms with Crippen LogP contribution in [0.15, 0.2) is 42.5 Å². The average Bonchev–Trinajstić information content (AvgIpc) is 3.14. The number of aromatic nitrogens is 4. The van der Waals surface area contributed by atoms with Crippen molar-refractivity contribution in [1.82, 2.24) is 19.8 Å². The largest absolute Gasteiger partial charge is 0.486 e. The Hall–Kier alpha value is -2.47. The quantitative estimate of drug-likeness (QED) is 0.559. The molecule has 6 heteroatoms. The van der Waals surface area contributed by atoms with Gasteiger partial charge in [0.2, 0.25) is 4.96 Å². The van der Waals surface area contributed by atoms with E-state index in [-0.39, 0.29) is 0 Å². The lowest BCUT2D eigenvalue weighted by Gasteiger charge is -2.05. The summed E-state index contributed by atoms with van der Waals surface area (Å²) in [7, 11) is 0. The van der Waals surface area contributed by atoms with Crippen LogP contribution in [0.3, 0.4) is 0 Å². The van der Waals surface area contributed by atoms with Gasteiger partial charge in [-0.2, -0.15) is 9.61 Å². The second kappa shape index (κ2) is 5.96. The molecule has 0 aliphatic heterocycles. The van der Waals surface area contributed by atoms with Crippen molar-refractivity contribution in [2.45, 2.75) is 26.4 Å². The van der Waals surface area contributed by atoms with Crippen LogP contribution in [-0.2, 0) is 13.0 Å². The molecule has 2 heterocycles. The molecule has 0 radical (unpaired) electrons. The SMILES string of the molecule is CCCc1nnc2sc(COc3ccc4ccccc4c3)nn12. The molecule has 5 nitrogen and oxygen atoms in total. The number of hydrogen-bond donors (Lipinski definition) is 0. The Balaban J connectivity index is 1.53. The Kier molecular flexibility index (Phi) is 3.67. The van der Waals surface area contributed by atoms with Crippen LogP contribution in [-0.4, -0.2) is 19.8 Å². The number of fused-ring (bicyclic) bond motifs is 2. The van der Waals surface area contributed by atoms with Gasteiger partial charge in [0, 0.05) is 6.42 Å². The maximum Gasteiger partial charge on any atom is 0.234 e. The van der Waals surface area contributed by atoms with Crippen molar-refractivity contribution in [3.05, 3.63) is 53.3 Å². The summed E-state index contributed by atoms with van der Waals surface area (Å²) in [5.41, 5.74) is 0. The number of nitrogens with zero attached hydrogens (tertiary/aromatic N) is 4. The number of benzene rings is 2. The number of aryl methyl sites for hydroxylation is 1. The predicted octanol–water partition coefficient (Wildman–Crippen LogP) is 3.87. The van der Waals surface area contributed by atoms with Gasteiger partial charge >= 0.3 is 0 Å². The highest BCUT2D eigenvalue weighted by molar-refractivity contribution is 7.16. The van der Waals surface area contributed by atoms with Crippen molar-refractivity contribution < 1.29 is 4.74 Å². The maximum absolute atomic E-state index is 5.89. The molecule has 0 amide bonds. The Morgan fingerprint density at radius 2 is 1.96 bits per heavy atom. The van der Waals surface area contributed by atoms with E-state index in [1.54, 1.807) is 0 Å². The number of hydrogen-bond acceptors (Lipinski definition) is 5. The van der Waals surface area contributed by atoms with E-state index in [1.807, 2.05) is 22.7 Å². The molecule has 0 aliphatic carbocycles. The van der Waals surface area contributed by atoms with Gasteiger partial charge in [0.1, 0.15) is 12.4 Å². The first kappa shape index (κ1) is 14.1. The maximum atomic E-state index is 5.89. The Morgan fingerprint density at radius 3 is 2.83 bits per heavy atom. The van der Waals surface area contributed by atoms with E-state index in [1.165, 1.54) is 22.1 Å². The Labute approximate surface area is 137 Å². The van der Waals surface area contributed by atoms with Crippen LogP contribution in [0.2, 0.25) is 0 Å². The van der Waals surface area contributed by atoms with E-state index in [2.05, 4.69) is 46.5 Å². The highest BCUT2D eigenvalue weighted by Gasteiger charge is 2.11. The molecule has 0 saturated carbocycles. The fourth-order valence-electron chi connectivity index (χ4n) is 2.54. The van der Waals surface area contributed by atoms with Crippen LogP contribution < -0.4 is 4.74 Å². The summed E-state index contributed by atoms with van der Waals surface area (Å²) in [6, 6.07) is 14.4. The van der Waals surface area contributed by atoms with Crippen LogP contribution in [0.1, 0.15) is 24.2 Å². The van der Waals surface area contributed by atoms with Crippen LogP contribution in [0.25, 0.3) is 15.7 Å². The topological polar surface area (TPSA) is 52.3 Å². The van der Waals surface area contributed by atoms with Gasteiger partial charge in [-0.15, -0.1) is 10.2 Å². The van der Waals surface area contributed by atoms with E-state index in [9.17, 15) is 0 Å². The van der Waals surface area contributed by atoms with E-state index in [0.717, 1.165) is 34.4 Å². The molecule has 4 rings (SSSR count). The minimum atomic E-state index is 0.442. The van der Waals surface area contributed by atoms with Crippen molar-refractivity contribution in [1.29, 1.82) is 0 Å². The molecular formula is C17H16N4OS. The van der Waals surface area contributed by atoms with Crippen LogP contribution in [0.5, 0.6) is 5.75 Å². The third kappa shape index (κ3) is 2.77. The molecule has 2 aromatic carbocycles. The van der Waals surface area contributed by atoms with Crippen molar-refractivity contribution >= 4 is 27.1 Å². The van der Waals surface area contributed by atoms with Crippen LogP contribution in [0, 0.1) is 0 Å². The lowest BCUT2D eigenvalue weighted by Crippen LogP contribution is -1.99. The first-order valence-corrected chi connectivity index (χ1v) is 8.47. The van der Waals surface area contributed by atoms with Gasteiger partial charge in [-0.3, -0.25) is 0 Å². The van der Waals surface area contributed by atoms with Gasteiger partial charge in [-0.25, -0.2) is 0 Å². The normalized spacial score (nSPS) is 11.3. The summed E-state index contributed by atoms with van der Waals surface area (Å²) in [5.74, 6) is 1.76. The second-order valence-corrected chi connectivity index (χ2v) is 6.39. The first-order valence-electron chi connectivity index (χ1n) is 7.65. The molecular weight excluding hydrogens is 308 g/mol. The fraction of sp³-hybridized carbons (Fsp3) is 0.235. The standard InChI is InChI=1S/C17H16N4OS/c1-2-5-15-18-19-17-21(15)20-16(23-17)11-22-14-9-8-12-6-3-4-7-13(12)10-14/h3-4,6-10H,2,5,11H2,1H3. The van der Waals surface area contributed by atoms with E-state index in [4.69, 9.17) is 4.74 Å². The molecule has 116 valence electrons. The summed E-state index contributed by atoms with van der Waals surface area (Å²) in [5, 5.41) is 16.2. The highest BCUT2D eigenvalue weighted by atomic mass is 32.1. The average molecular weight is 324 g/mol. The smallest absolute Gasteiger partial charge is 0.234 e. The highest BCUT2D eigenvalue weighted by Crippen LogP contribution is 2.22. The second-order valence-electron chi connectivity index (χ2n) is 5.35. The number of rotatable bonds is 5. The fourth-order valence-corrected chi connectivity index (χ4v) is 3.30. The van der Waals surface area contributed by atoms with Crippen molar-refractivity contribution in [3.63, 3.8) is 0 Å². The van der Waals surface area contributed by atoms with Crippen molar-refractivity contribution in [3.8, 4) is 5.75 Å². The van der Waals surface area contributed by atoms with Crippen LogP contribution in [0.4, 0.5) is 0 Å². The zero-order chi connectivity index (χ0) is 15.6. The molecule has 0 unspecified atom stereocenters. The molecule has 0 saturated heterocycles. The molecule has 0 atom stereocenters. The molecule has 0 aliphatic rings. The van der Waals surface area contributed by atoms with Gasteiger partial charge in [0.05, 0.1) is 0 Å². The summed E-state index contributed by atoms with van der Waals surface area (Å²) < 4.78 is 7.71. The third-order valence-electron chi connectivity index (χ3n) is 3.65. The molecule has 4 aromatic rings. The summed E-state index contributed by atoms with van der Waals surface area (Å²) >= 11 is 1.52. The van der Waals surface area contributed by atoms with Crippen molar-refractivity contribution in [2.24, 2.45) is 0 Å². The van der Waals surface area contributed by atoms with Crippen LogP contribution >= 0.6 is 11.3 Å². The zero-order valence-corrected chi connectivity index (χ0v) is 13.6.